The highest BCUT2D eigenvalue weighted by Gasteiger charge is 2.59. The number of anilines is 1. The van der Waals surface area contributed by atoms with Crippen LogP contribution in [0, 0.1) is 37.5 Å². The lowest BCUT2D eigenvalue weighted by atomic mass is 9.85. The zero-order chi connectivity index (χ0) is 30.0. The number of pyridine rings is 1. The van der Waals surface area contributed by atoms with Crippen LogP contribution in [0.3, 0.4) is 0 Å². The Hall–Kier alpha value is -4.62. The smallest absolute Gasteiger partial charge is 0.339 e. The number of rotatable bonds is 6. The molecular formula is C35H27ClN2O5. The number of para-hydroxylation sites is 1. The summed E-state index contributed by atoms with van der Waals surface area (Å²) in [6.07, 6.45) is 5.02. The maximum absolute atomic E-state index is 13.3. The summed E-state index contributed by atoms with van der Waals surface area (Å²) < 4.78 is 5.48. The number of carbonyl (C=O) groups excluding carboxylic acids is 4. The Balaban J connectivity index is 1.16. The average Bonchev–Trinajstić information content (AvgIpc) is 3.70. The standard InChI is InChI=1S/C35H27ClN2O5/c1-18-6-7-21(14-19(18)2)29(39)17-43-35(42)26-16-28(37-32-25(26)4-3-5-27(32)36)20-10-12-24(13-11-20)38-33(40)30-22-8-9-23(15-22)31(30)34(38)41/h3-14,16,22-23,30-31H,15,17H2,1-2H3. The number of fused-ring (bicyclic) bond motifs is 6. The number of allylic oxidation sites excluding steroid dienone is 2. The normalized spacial score (nSPS) is 22.0. The second-order valence-corrected chi connectivity index (χ2v) is 12.0. The zero-order valence-electron chi connectivity index (χ0n) is 23.5. The first-order chi connectivity index (χ1) is 20.7. The summed E-state index contributed by atoms with van der Waals surface area (Å²) in [6.45, 7) is 3.48. The molecule has 7 rings (SSSR count). The maximum atomic E-state index is 13.3. The van der Waals surface area contributed by atoms with E-state index in [0.717, 1.165) is 17.5 Å². The predicted octanol–water partition coefficient (Wildman–Crippen LogP) is 6.52. The Kier molecular flexibility index (Phi) is 6.51. The first kappa shape index (κ1) is 27.2. The lowest BCUT2D eigenvalue weighted by Gasteiger charge is -2.18. The molecule has 3 aliphatic rings. The molecule has 1 saturated carbocycles. The van der Waals surface area contributed by atoms with E-state index < -0.39 is 12.6 Å². The predicted molar refractivity (Wildman–Crippen MR) is 163 cm³/mol. The Labute approximate surface area is 253 Å². The van der Waals surface area contributed by atoms with E-state index in [1.54, 1.807) is 60.7 Å². The molecule has 214 valence electrons. The number of aryl methyl sites for hydroxylation is 2. The lowest BCUT2D eigenvalue weighted by molar-refractivity contribution is -0.123. The summed E-state index contributed by atoms with van der Waals surface area (Å²) in [6, 6.07) is 19.1. The van der Waals surface area contributed by atoms with Crippen molar-refractivity contribution in [2.24, 2.45) is 23.7 Å². The van der Waals surface area contributed by atoms with Gasteiger partial charge in [0.1, 0.15) is 0 Å². The number of amides is 2. The Morgan fingerprint density at radius 2 is 1.60 bits per heavy atom. The molecule has 2 fully saturated rings. The second-order valence-electron chi connectivity index (χ2n) is 11.5. The van der Waals surface area contributed by atoms with Gasteiger partial charge in [0.15, 0.2) is 12.4 Å². The fourth-order valence-electron chi connectivity index (χ4n) is 6.68. The molecule has 3 aromatic carbocycles. The van der Waals surface area contributed by atoms with Gasteiger partial charge in [-0.15, -0.1) is 0 Å². The fraction of sp³-hybridized carbons (Fsp3) is 0.229. The minimum absolute atomic E-state index is 0.136. The van der Waals surface area contributed by atoms with E-state index in [4.69, 9.17) is 21.3 Å². The number of aromatic nitrogens is 1. The molecule has 1 aromatic heterocycles. The molecule has 2 aliphatic carbocycles. The van der Waals surface area contributed by atoms with Gasteiger partial charge in [-0.3, -0.25) is 19.3 Å². The number of benzene rings is 3. The molecule has 2 amide bonds. The van der Waals surface area contributed by atoms with E-state index in [2.05, 4.69) is 12.2 Å². The number of Topliss-reactive ketones (excluding diaryl/α,β-unsaturated/α-hetero) is 1. The van der Waals surface area contributed by atoms with Gasteiger partial charge in [-0.25, -0.2) is 9.78 Å². The molecule has 7 nitrogen and oxygen atoms in total. The van der Waals surface area contributed by atoms with Crippen molar-refractivity contribution < 1.29 is 23.9 Å². The van der Waals surface area contributed by atoms with Crippen LogP contribution < -0.4 is 4.90 Å². The van der Waals surface area contributed by atoms with Crippen molar-refractivity contribution >= 4 is 51.8 Å². The number of carbonyl (C=O) groups is 4. The van der Waals surface area contributed by atoms with E-state index in [9.17, 15) is 19.2 Å². The molecule has 0 spiro atoms. The van der Waals surface area contributed by atoms with Gasteiger partial charge >= 0.3 is 5.97 Å². The summed E-state index contributed by atoms with van der Waals surface area (Å²) >= 11 is 6.49. The van der Waals surface area contributed by atoms with E-state index in [1.165, 1.54) is 4.90 Å². The average molecular weight is 591 g/mol. The van der Waals surface area contributed by atoms with Crippen LogP contribution in [-0.4, -0.2) is 35.2 Å². The Morgan fingerprint density at radius 1 is 0.907 bits per heavy atom. The summed E-state index contributed by atoms with van der Waals surface area (Å²) in [4.78, 5) is 58.6. The van der Waals surface area contributed by atoms with Gasteiger partial charge in [0, 0.05) is 16.5 Å². The van der Waals surface area contributed by atoms with Crippen LogP contribution in [0.25, 0.3) is 22.2 Å². The summed E-state index contributed by atoms with van der Waals surface area (Å²) in [5.74, 6) is -1.54. The highest BCUT2D eigenvalue weighted by molar-refractivity contribution is 6.35. The number of halogens is 1. The number of ether oxygens (including phenoxy) is 1. The molecule has 0 radical (unpaired) electrons. The van der Waals surface area contributed by atoms with Crippen LogP contribution in [-0.2, 0) is 14.3 Å². The number of nitrogens with zero attached hydrogens (tertiary/aromatic N) is 2. The highest BCUT2D eigenvalue weighted by atomic mass is 35.5. The second kappa shape index (κ2) is 10.3. The molecule has 2 bridgehead atoms. The van der Waals surface area contributed by atoms with Crippen molar-refractivity contribution in [3.05, 3.63) is 106 Å². The topological polar surface area (TPSA) is 93.6 Å². The van der Waals surface area contributed by atoms with Crippen molar-refractivity contribution in [3.63, 3.8) is 0 Å². The van der Waals surface area contributed by atoms with E-state index >= 15 is 0 Å². The van der Waals surface area contributed by atoms with Crippen molar-refractivity contribution in [1.29, 1.82) is 0 Å². The monoisotopic (exact) mass is 590 g/mol. The van der Waals surface area contributed by atoms with Gasteiger partial charge in [0.05, 0.1) is 39.3 Å². The maximum Gasteiger partial charge on any atom is 0.339 e. The largest absolute Gasteiger partial charge is 0.454 e. The number of hydrogen-bond acceptors (Lipinski definition) is 6. The summed E-state index contributed by atoms with van der Waals surface area (Å²) in [5, 5.41) is 0.860. The van der Waals surface area contributed by atoms with Gasteiger partial charge in [0.2, 0.25) is 11.8 Å². The molecule has 2 heterocycles. The fourth-order valence-corrected chi connectivity index (χ4v) is 6.89. The van der Waals surface area contributed by atoms with Gasteiger partial charge in [0.25, 0.3) is 0 Å². The summed E-state index contributed by atoms with van der Waals surface area (Å²) in [7, 11) is 0. The third kappa shape index (κ3) is 4.46. The van der Waals surface area contributed by atoms with E-state index in [1.807, 2.05) is 19.9 Å². The molecule has 4 unspecified atom stereocenters. The van der Waals surface area contributed by atoms with Crippen LogP contribution in [0.1, 0.15) is 38.3 Å². The van der Waals surface area contributed by atoms with Crippen molar-refractivity contribution in [3.8, 4) is 11.3 Å². The van der Waals surface area contributed by atoms with Crippen LogP contribution in [0.4, 0.5) is 5.69 Å². The van der Waals surface area contributed by atoms with Gasteiger partial charge < -0.3 is 4.74 Å². The third-order valence-corrected chi connectivity index (χ3v) is 9.37. The molecule has 8 heteroatoms. The molecule has 4 atom stereocenters. The van der Waals surface area contributed by atoms with E-state index in [-0.39, 0.29) is 46.8 Å². The van der Waals surface area contributed by atoms with Gasteiger partial charge in [-0.1, -0.05) is 60.2 Å². The molecule has 1 saturated heterocycles. The number of esters is 1. The molecule has 43 heavy (non-hydrogen) atoms. The van der Waals surface area contributed by atoms with Crippen LogP contribution >= 0.6 is 11.6 Å². The first-order valence-electron chi connectivity index (χ1n) is 14.2. The molecular weight excluding hydrogens is 564 g/mol. The summed E-state index contributed by atoms with van der Waals surface area (Å²) in [5.41, 5.74) is 4.79. The van der Waals surface area contributed by atoms with Crippen molar-refractivity contribution in [1.82, 2.24) is 4.98 Å². The van der Waals surface area contributed by atoms with Gasteiger partial charge in [-0.2, -0.15) is 0 Å². The highest BCUT2D eigenvalue weighted by Crippen LogP contribution is 2.53. The minimum Gasteiger partial charge on any atom is -0.454 e. The molecule has 0 N–H and O–H groups in total. The van der Waals surface area contributed by atoms with Crippen molar-refractivity contribution in [2.45, 2.75) is 20.3 Å². The minimum atomic E-state index is -0.673. The Bertz CT molecular complexity index is 1870. The quantitative estimate of drug-likeness (QED) is 0.110. The van der Waals surface area contributed by atoms with E-state index in [0.29, 0.717) is 38.4 Å². The van der Waals surface area contributed by atoms with Crippen LogP contribution in [0.2, 0.25) is 5.02 Å². The lowest BCUT2D eigenvalue weighted by Crippen LogP contribution is -2.32. The first-order valence-corrected chi connectivity index (χ1v) is 14.6. The Morgan fingerprint density at radius 3 is 2.28 bits per heavy atom. The van der Waals surface area contributed by atoms with Gasteiger partial charge in [-0.05, 0) is 73.6 Å². The molecule has 4 aromatic rings. The van der Waals surface area contributed by atoms with Crippen molar-refractivity contribution in [2.75, 3.05) is 11.5 Å². The third-order valence-electron chi connectivity index (χ3n) is 9.07. The van der Waals surface area contributed by atoms with Crippen LogP contribution in [0.5, 0.6) is 0 Å². The number of imide groups is 1. The number of ketones is 1. The SMILES string of the molecule is Cc1ccc(C(=O)COC(=O)c2cc(-c3ccc(N4C(=O)C5C6C=CC(C6)C5C4=O)cc3)nc3c(Cl)cccc23)cc1C. The van der Waals surface area contributed by atoms with Crippen LogP contribution in [0.15, 0.2) is 78.9 Å². The zero-order valence-corrected chi connectivity index (χ0v) is 24.3. The molecule has 1 aliphatic heterocycles. The number of hydrogen-bond donors (Lipinski definition) is 0.